The van der Waals surface area contributed by atoms with Gasteiger partial charge in [-0.25, -0.2) is 18.2 Å². The topological polar surface area (TPSA) is 132 Å². The molecule has 1 aromatic heterocycles. The number of pyridine rings is 1. The highest BCUT2D eigenvalue weighted by molar-refractivity contribution is 7.92. The number of sulfonamides is 1. The Bertz CT molecular complexity index is 820. The molecule has 0 aliphatic heterocycles. The number of nitrogen functional groups attached to an aromatic ring is 1. The number of ether oxygens (including phenoxy) is 1. The van der Waals surface area contributed by atoms with E-state index in [1.807, 2.05) is 0 Å². The van der Waals surface area contributed by atoms with Crippen LogP contribution in [0, 0.1) is 0 Å². The van der Waals surface area contributed by atoms with Gasteiger partial charge in [0.25, 0.3) is 10.0 Å². The van der Waals surface area contributed by atoms with Crippen LogP contribution < -0.4 is 15.2 Å². The number of aromatic nitrogens is 1. The van der Waals surface area contributed by atoms with E-state index in [2.05, 4.69) is 9.71 Å². The van der Waals surface area contributed by atoms with Gasteiger partial charge in [-0.1, -0.05) is 6.07 Å². The highest BCUT2D eigenvalue weighted by Gasteiger charge is 2.19. The zero-order valence-electron chi connectivity index (χ0n) is 11.5. The first-order valence-corrected chi connectivity index (χ1v) is 7.47. The molecule has 0 amide bonds. The maximum Gasteiger partial charge on any atom is 0.335 e. The van der Waals surface area contributed by atoms with Crippen LogP contribution in [0.25, 0.3) is 0 Å². The Hall–Kier alpha value is -2.81. The van der Waals surface area contributed by atoms with Crippen molar-refractivity contribution in [1.29, 1.82) is 0 Å². The molecule has 1 aromatic carbocycles. The van der Waals surface area contributed by atoms with E-state index in [1.54, 1.807) is 0 Å². The van der Waals surface area contributed by atoms with Gasteiger partial charge in [-0.2, -0.15) is 0 Å². The number of rotatable bonds is 5. The molecule has 9 heteroatoms. The van der Waals surface area contributed by atoms with E-state index < -0.39 is 16.0 Å². The van der Waals surface area contributed by atoms with Crippen molar-refractivity contribution in [3.05, 3.63) is 42.1 Å². The highest BCUT2D eigenvalue weighted by Crippen LogP contribution is 2.26. The molecule has 0 spiro atoms. The van der Waals surface area contributed by atoms with Crippen LogP contribution in [0.3, 0.4) is 0 Å². The van der Waals surface area contributed by atoms with Crippen molar-refractivity contribution < 1.29 is 23.1 Å². The second-order valence-electron chi connectivity index (χ2n) is 4.26. The molecule has 0 atom stereocenters. The molecule has 0 bridgehead atoms. The third-order valence-electron chi connectivity index (χ3n) is 2.70. The second kappa shape index (κ2) is 5.90. The minimum absolute atomic E-state index is 0.0483. The monoisotopic (exact) mass is 323 g/mol. The minimum atomic E-state index is -4.01. The Balaban J connectivity index is 2.42. The smallest absolute Gasteiger partial charge is 0.335 e. The Kier molecular flexibility index (Phi) is 4.18. The molecule has 1 heterocycles. The predicted octanol–water partition coefficient (Wildman–Crippen LogP) is 1.17. The number of carboxylic acids is 1. The van der Waals surface area contributed by atoms with Gasteiger partial charge in [-0.05, 0) is 24.3 Å². The van der Waals surface area contributed by atoms with E-state index in [9.17, 15) is 13.2 Å². The number of nitrogens with one attached hydrogen (secondary N) is 1. The Morgan fingerprint density at radius 3 is 2.73 bits per heavy atom. The van der Waals surface area contributed by atoms with Crippen LogP contribution in [0.2, 0.25) is 0 Å². The zero-order chi connectivity index (χ0) is 16.3. The van der Waals surface area contributed by atoms with Crippen molar-refractivity contribution in [3.63, 3.8) is 0 Å². The molecule has 0 aliphatic rings. The SMILES string of the molecule is COc1ncc(N)cc1NS(=O)(=O)c1cccc(C(=O)O)c1. The number of methoxy groups -OCH3 is 1. The summed E-state index contributed by atoms with van der Waals surface area (Å²) < 4.78 is 31.9. The summed E-state index contributed by atoms with van der Waals surface area (Å²) in [6.45, 7) is 0. The first-order valence-electron chi connectivity index (χ1n) is 5.99. The van der Waals surface area contributed by atoms with Crippen LogP contribution in [0.4, 0.5) is 11.4 Å². The fourth-order valence-electron chi connectivity index (χ4n) is 1.70. The highest BCUT2D eigenvalue weighted by atomic mass is 32.2. The molecule has 116 valence electrons. The average molecular weight is 323 g/mol. The van der Waals surface area contributed by atoms with Gasteiger partial charge in [0.05, 0.1) is 29.5 Å². The third-order valence-corrected chi connectivity index (χ3v) is 4.06. The molecule has 22 heavy (non-hydrogen) atoms. The Labute approximate surface area is 126 Å². The van der Waals surface area contributed by atoms with E-state index in [-0.39, 0.29) is 27.7 Å². The van der Waals surface area contributed by atoms with Gasteiger partial charge < -0.3 is 15.6 Å². The van der Waals surface area contributed by atoms with Gasteiger partial charge in [-0.15, -0.1) is 0 Å². The zero-order valence-corrected chi connectivity index (χ0v) is 12.3. The molecule has 2 rings (SSSR count). The lowest BCUT2D eigenvalue weighted by atomic mass is 10.2. The molecule has 0 aliphatic carbocycles. The Morgan fingerprint density at radius 2 is 2.09 bits per heavy atom. The van der Waals surface area contributed by atoms with E-state index in [0.717, 1.165) is 6.07 Å². The van der Waals surface area contributed by atoms with Crippen LogP contribution in [0.15, 0.2) is 41.4 Å². The van der Waals surface area contributed by atoms with Gasteiger partial charge in [0.2, 0.25) is 5.88 Å². The Morgan fingerprint density at radius 1 is 1.36 bits per heavy atom. The minimum Gasteiger partial charge on any atom is -0.479 e. The third kappa shape index (κ3) is 3.26. The van der Waals surface area contributed by atoms with E-state index in [0.29, 0.717) is 0 Å². The van der Waals surface area contributed by atoms with Crippen LogP contribution in [-0.4, -0.2) is 31.6 Å². The van der Waals surface area contributed by atoms with Crippen molar-refractivity contribution in [2.75, 3.05) is 17.6 Å². The molecule has 0 saturated carbocycles. The fraction of sp³-hybridized carbons (Fsp3) is 0.0769. The van der Waals surface area contributed by atoms with E-state index in [4.69, 9.17) is 15.6 Å². The maximum atomic E-state index is 12.3. The number of nitrogens with two attached hydrogens (primary N) is 1. The predicted molar refractivity (Wildman–Crippen MR) is 79.4 cm³/mol. The maximum absolute atomic E-state index is 12.3. The number of benzene rings is 1. The van der Waals surface area contributed by atoms with E-state index >= 15 is 0 Å². The summed E-state index contributed by atoms with van der Waals surface area (Å²) in [5, 5.41) is 8.92. The molecule has 4 N–H and O–H groups in total. The molecule has 0 saturated heterocycles. The first-order chi connectivity index (χ1) is 10.3. The quantitative estimate of drug-likeness (QED) is 0.752. The lowest BCUT2D eigenvalue weighted by Crippen LogP contribution is -2.15. The molecule has 2 aromatic rings. The van der Waals surface area contributed by atoms with Crippen molar-refractivity contribution in [2.45, 2.75) is 4.90 Å². The largest absolute Gasteiger partial charge is 0.479 e. The van der Waals surface area contributed by atoms with Gasteiger partial charge in [0.1, 0.15) is 5.69 Å². The molecular weight excluding hydrogens is 310 g/mol. The normalized spacial score (nSPS) is 11.0. The van der Waals surface area contributed by atoms with Crippen molar-refractivity contribution in [1.82, 2.24) is 4.98 Å². The summed E-state index contributed by atoms with van der Waals surface area (Å²) in [6, 6.07) is 6.32. The summed E-state index contributed by atoms with van der Waals surface area (Å²) in [6.07, 6.45) is 1.32. The molecular formula is C13H13N3O5S. The molecule has 0 unspecified atom stereocenters. The summed E-state index contributed by atoms with van der Waals surface area (Å²) in [4.78, 5) is 14.6. The van der Waals surface area contributed by atoms with Crippen molar-refractivity contribution in [3.8, 4) is 5.88 Å². The number of carbonyl (C=O) groups is 1. The number of hydrogen-bond acceptors (Lipinski definition) is 6. The second-order valence-corrected chi connectivity index (χ2v) is 5.95. The molecule has 0 radical (unpaired) electrons. The van der Waals surface area contributed by atoms with Crippen LogP contribution in [0.1, 0.15) is 10.4 Å². The van der Waals surface area contributed by atoms with Gasteiger partial charge in [0, 0.05) is 0 Å². The summed E-state index contributed by atoms with van der Waals surface area (Å²) in [7, 11) is -2.67. The van der Waals surface area contributed by atoms with Gasteiger partial charge in [0.15, 0.2) is 0 Å². The first kappa shape index (κ1) is 15.6. The lowest BCUT2D eigenvalue weighted by Gasteiger charge is -2.11. The number of nitrogens with zero attached hydrogens (tertiary/aromatic N) is 1. The number of anilines is 2. The van der Waals surface area contributed by atoms with Crippen molar-refractivity contribution >= 4 is 27.4 Å². The van der Waals surface area contributed by atoms with Gasteiger partial charge in [-0.3, -0.25) is 4.72 Å². The number of carboxylic acid groups (broad SMARTS) is 1. The molecule has 8 nitrogen and oxygen atoms in total. The van der Waals surface area contributed by atoms with Crippen LogP contribution in [-0.2, 0) is 10.0 Å². The standard InChI is InChI=1S/C13H13N3O5S/c1-21-12-11(6-9(14)7-15-12)16-22(19,20)10-4-2-3-8(5-10)13(17)18/h2-7,16H,14H2,1H3,(H,17,18). The lowest BCUT2D eigenvalue weighted by molar-refractivity contribution is 0.0696. The summed E-state index contributed by atoms with van der Waals surface area (Å²) in [5.41, 5.74) is 5.74. The van der Waals surface area contributed by atoms with E-state index in [1.165, 1.54) is 37.6 Å². The fourth-order valence-corrected chi connectivity index (χ4v) is 2.80. The average Bonchev–Trinajstić information content (AvgIpc) is 2.47. The number of hydrogen-bond donors (Lipinski definition) is 3. The van der Waals surface area contributed by atoms with Crippen molar-refractivity contribution in [2.24, 2.45) is 0 Å². The number of aromatic carboxylic acids is 1. The van der Waals surface area contributed by atoms with Crippen LogP contribution in [0.5, 0.6) is 5.88 Å². The summed E-state index contributed by atoms with van der Waals surface area (Å²) >= 11 is 0. The summed E-state index contributed by atoms with van der Waals surface area (Å²) in [5.74, 6) is -1.17. The molecule has 0 fully saturated rings. The van der Waals surface area contributed by atoms with Crippen LogP contribution >= 0.6 is 0 Å². The van der Waals surface area contributed by atoms with Gasteiger partial charge >= 0.3 is 5.97 Å².